The highest BCUT2D eigenvalue weighted by molar-refractivity contribution is 7.96. The van der Waals surface area contributed by atoms with E-state index in [2.05, 4.69) is 17.6 Å². The van der Waals surface area contributed by atoms with Crippen LogP contribution < -0.4 is 0 Å². The molecule has 0 aliphatic heterocycles. The minimum Gasteiger partial charge on any atom is -0.328 e. The smallest absolute Gasteiger partial charge is 0.278 e. The summed E-state index contributed by atoms with van der Waals surface area (Å²) in [6, 6.07) is 3.99. The van der Waals surface area contributed by atoms with Crippen molar-refractivity contribution < 1.29 is 4.79 Å². The van der Waals surface area contributed by atoms with Crippen molar-refractivity contribution >= 4 is 17.9 Å². The monoisotopic (exact) mass is 249 g/mol. The van der Waals surface area contributed by atoms with Crippen LogP contribution in [-0.4, -0.2) is 21.7 Å². The van der Waals surface area contributed by atoms with Crippen molar-refractivity contribution in [1.82, 2.24) is 9.88 Å². The van der Waals surface area contributed by atoms with Gasteiger partial charge in [-0.05, 0) is 31.0 Å². The molecule has 0 spiro atoms. The lowest BCUT2D eigenvalue weighted by atomic mass is 10.1. The topological polar surface area (TPSA) is 57.0 Å². The number of thiol groups is 1. The summed E-state index contributed by atoms with van der Waals surface area (Å²) in [4.78, 5) is 17.0. The van der Waals surface area contributed by atoms with Crippen LogP contribution in [0.1, 0.15) is 23.2 Å². The zero-order valence-electron chi connectivity index (χ0n) is 9.97. The number of rotatable bonds is 4. The minimum atomic E-state index is -0.319. The second-order valence-corrected chi connectivity index (χ2v) is 4.25. The van der Waals surface area contributed by atoms with Gasteiger partial charge in [0.15, 0.2) is 0 Å². The van der Waals surface area contributed by atoms with E-state index in [4.69, 9.17) is 5.26 Å². The second-order valence-electron chi connectivity index (χ2n) is 3.86. The molecule has 1 amide bonds. The molecule has 0 aliphatic rings. The Bertz CT molecular complexity index is 454. The van der Waals surface area contributed by atoms with Crippen molar-refractivity contribution in [1.29, 1.82) is 5.26 Å². The molecule has 90 valence electrons. The number of nitrogens with zero attached hydrogens (tertiary/aromatic N) is 3. The van der Waals surface area contributed by atoms with E-state index in [0.717, 1.165) is 16.8 Å². The predicted molar refractivity (Wildman–Crippen MR) is 68.7 cm³/mol. The molecule has 17 heavy (non-hydrogen) atoms. The Morgan fingerprint density at radius 1 is 1.59 bits per heavy atom. The Morgan fingerprint density at radius 2 is 2.29 bits per heavy atom. The predicted octanol–water partition coefficient (Wildman–Crippen LogP) is 2.46. The van der Waals surface area contributed by atoms with Crippen molar-refractivity contribution in [2.75, 3.05) is 6.54 Å². The van der Waals surface area contributed by atoms with E-state index in [1.807, 2.05) is 26.0 Å². The first-order valence-electron chi connectivity index (χ1n) is 5.31. The number of hydrogen-bond acceptors (Lipinski definition) is 3. The van der Waals surface area contributed by atoms with Crippen LogP contribution in [0.4, 0.5) is 4.79 Å². The maximum absolute atomic E-state index is 11.3. The van der Waals surface area contributed by atoms with Gasteiger partial charge in [0.2, 0.25) is 0 Å². The van der Waals surface area contributed by atoms with Gasteiger partial charge in [-0.25, -0.2) is 0 Å². The van der Waals surface area contributed by atoms with Gasteiger partial charge in [-0.3, -0.25) is 9.78 Å². The third-order valence-electron chi connectivity index (χ3n) is 2.48. The first-order chi connectivity index (χ1) is 8.04. The Balaban J connectivity index is 2.79. The number of amides is 1. The average molecular weight is 249 g/mol. The second kappa shape index (κ2) is 6.26. The summed E-state index contributed by atoms with van der Waals surface area (Å²) in [5, 5.41) is 8.21. The Morgan fingerprint density at radius 3 is 2.82 bits per heavy atom. The first-order valence-corrected chi connectivity index (χ1v) is 5.76. The molecule has 0 fully saturated rings. The zero-order valence-corrected chi connectivity index (χ0v) is 10.9. The molecule has 0 unspecified atom stereocenters. The van der Waals surface area contributed by atoms with Crippen LogP contribution in [-0.2, 0) is 6.54 Å². The van der Waals surface area contributed by atoms with Gasteiger partial charge < -0.3 is 4.90 Å². The van der Waals surface area contributed by atoms with Crippen molar-refractivity contribution in [2.45, 2.75) is 26.8 Å². The number of carbonyl (C=O) groups excluding carboxylic acids is 1. The highest BCUT2D eigenvalue weighted by Gasteiger charge is 2.11. The van der Waals surface area contributed by atoms with Crippen LogP contribution >= 0.6 is 12.6 Å². The molecular formula is C12H15N3OS. The zero-order chi connectivity index (χ0) is 12.8. The highest BCUT2D eigenvalue weighted by Crippen LogP contribution is 2.12. The molecule has 0 aromatic carbocycles. The fourth-order valence-corrected chi connectivity index (χ4v) is 1.69. The third kappa shape index (κ3) is 4.08. The lowest BCUT2D eigenvalue weighted by Gasteiger charge is -2.20. The molecule has 1 aromatic rings. The van der Waals surface area contributed by atoms with Gasteiger partial charge in [0.1, 0.15) is 0 Å². The van der Waals surface area contributed by atoms with Crippen LogP contribution in [0.25, 0.3) is 0 Å². The van der Waals surface area contributed by atoms with Crippen molar-refractivity contribution in [3.05, 3.63) is 29.1 Å². The molecule has 5 heteroatoms. The maximum atomic E-state index is 11.3. The lowest BCUT2D eigenvalue weighted by Crippen LogP contribution is -2.27. The number of aryl methyl sites for hydroxylation is 2. The molecule has 0 bridgehead atoms. The molecular weight excluding hydrogens is 234 g/mol. The molecule has 0 radical (unpaired) electrons. The summed E-state index contributed by atoms with van der Waals surface area (Å²) in [7, 11) is 0. The van der Waals surface area contributed by atoms with Gasteiger partial charge in [0.05, 0.1) is 12.5 Å². The SMILES string of the molecule is Cc1cc(C)c(CN(CCC#N)C(=O)S)cn1. The fraction of sp³-hybridized carbons (Fsp3) is 0.417. The molecule has 0 atom stereocenters. The summed E-state index contributed by atoms with van der Waals surface area (Å²) < 4.78 is 0. The molecule has 4 nitrogen and oxygen atoms in total. The Kier molecular flexibility index (Phi) is 4.98. The Labute approximate surface area is 107 Å². The Hall–Kier alpha value is -1.54. The largest absolute Gasteiger partial charge is 0.328 e. The van der Waals surface area contributed by atoms with Gasteiger partial charge in [-0.2, -0.15) is 5.26 Å². The van der Waals surface area contributed by atoms with Gasteiger partial charge in [0.25, 0.3) is 5.24 Å². The maximum Gasteiger partial charge on any atom is 0.278 e. The van der Waals surface area contributed by atoms with E-state index in [9.17, 15) is 4.79 Å². The van der Waals surface area contributed by atoms with E-state index in [1.165, 1.54) is 4.90 Å². The summed E-state index contributed by atoms with van der Waals surface area (Å²) in [5.41, 5.74) is 3.03. The molecule has 0 N–H and O–H groups in total. The number of carbonyl (C=O) groups is 1. The molecule has 0 saturated carbocycles. The van der Waals surface area contributed by atoms with Gasteiger partial charge in [0, 0.05) is 25.0 Å². The fourth-order valence-electron chi connectivity index (χ4n) is 1.52. The van der Waals surface area contributed by atoms with Crippen LogP contribution in [0, 0.1) is 25.2 Å². The van der Waals surface area contributed by atoms with Crippen molar-refractivity contribution in [2.24, 2.45) is 0 Å². The van der Waals surface area contributed by atoms with E-state index < -0.39 is 0 Å². The molecule has 1 heterocycles. The molecule has 1 aromatic heterocycles. The average Bonchev–Trinajstić information content (AvgIpc) is 2.26. The lowest BCUT2D eigenvalue weighted by molar-refractivity contribution is 0.222. The normalized spacial score (nSPS) is 9.76. The summed E-state index contributed by atoms with van der Waals surface area (Å²) in [5.74, 6) is 0. The summed E-state index contributed by atoms with van der Waals surface area (Å²) >= 11 is 3.81. The van der Waals surface area contributed by atoms with E-state index in [0.29, 0.717) is 19.5 Å². The highest BCUT2D eigenvalue weighted by atomic mass is 32.1. The summed E-state index contributed by atoms with van der Waals surface area (Å²) in [6.45, 7) is 4.75. The van der Waals surface area contributed by atoms with Crippen molar-refractivity contribution in [3.8, 4) is 6.07 Å². The number of pyridine rings is 1. The standard InChI is InChI=1S/C12H15N3OS/c1-9-6-10(2)14-7-11(9)8-15(12(16)17)5-3-4-13/h6-7H,3,5,8H2,1-2H3,(H,16,17). The van der Waals surface area contributed by atoms with Gasteiger partial charge >= 0.3 is 0 Å². The van der Waals surface area contributed by atoms with Crippen LogP contribution in [0.5, 0.6) is 0 Å². The molecule has 0 aliphatic carbocycles. The molecule has 0 saturated heterocycles. The van der Waals surface area contributed by atoms with Crippen molar-refractivity contribution in [3.63, 3.8) is 0 Å². The van der Waals surface area contributed by atoms with E-state index in [-0.39, 0.29) is 5.24 Å². The third-order valence-corrected chi connectivity index (χ3v) is 2.76. The van der Waals surface area contributed by atoms with Crippen LogP contribution in [0.15, 0.2) is 12.3 Å². The van der Waals surface area contributed by atoms with E-state index in [1.54, 1.807) is 6.20 Å². The first kappa shape index (κ1) is 13.5. The van der Waals surface area contributed by atoms with Gasteiger partial charge in [-0.1, -0.05) is 12.6 Å². The van der Waals surface area contributed by atoms with Crippen LogP contribution in [0.2, 0.25) is 0 Å². The quantitative estimate of drug-likeness (QED) is 0.834. The number of aromatic nitrogens is 1. The number of hydrogen-bond donors (Lipinski definition) is 1. The summed E-state index contributed by atoms with van der Waals surface area (Å²) in [6.07, 6.45) is 2.07. The van der Waals surface area contributed by atoms with Gasteiger partial charge in [-0.15, -0.1) is 0 Å². The molecule has 1 rings (SSSR count). The number of nitriles is 1. The van der Waals surface area contributed by atoms with Crippen LogP contribution in [0.3, 0.4) is 0 Å². The van der Waals surface area contributed by atoms with E-state index >= 15 is 0 Å². The minimum absolute atomic E-state index is 0.310.